The highest BCUT2D eigenvalue weighted by atomic mass is 127. The average molecular weight is 707 g/mol. The SMILES string of the molecule is CCOC(=O)C1=C(O)/C(=C/c2cc(Br)c(OCc3ccc([N+](=O)[O-])cc3)c(I)c2)SC1=Nc1ccccc1. The Labute approximate surface area is 244 Å². The average Bonchev–Trinajstić information content (AvgIpc) is 3.18. The Balaban J connectivity index is 1.59. The molecule has 0 radical (unpaired) electrons. The number of benzene rings is 3. The van der Waals surface area contributed by atoms with Crippen molar-refractivity contribution in [1.29, 1.82) is 0 Å². The number of ether oxygens (including phenoxy) is 2. The van der Waals surface area contributed by atoms with Crippen molar-refractivity contribution < 1.29 is 24.3 Å². The number of rotatable bonds is 8. The minimum absolute atomic E-state index is 0.0204. The second kappa shape index (κ2) is 12.6. The molecule has 1 aliphatic rings. The summed E-state index contributed by atoms with van der Waals surface area (Å²) in [5, 5.41) is 22.1. The summed E-state index contributed by atoms with van der Waals surface area (Å²) < 4.78 is 12.6. The lowest BCUT2D eigenvalue weighted by molar-refractivity contribution is -0.384. The fourth-order valence-electron chi connectivity index (χ4n) is 3.43. The Kier molecular flexibility index (Phi) is 9.23. The van der Waals surface area contributed by atoms with E-state index in [0.29, 0.717) is 25.9 Å². The smallest absolute Gasteiger partial charge is 0.344 e. The van der Waals surface area contributed by atoms with E-state index in [4.69, 9.17) is 9.47 Å². The minimum atomic E-state index is -0.638. The number of aliphatic hydroxyl groups is 1. The van der Waals surface area contributed by atoms with Gasteiger partial charge in [-0.2, -0.15) is 0 Å². The molecule has 0 bridgehead atoms. The Morgan fingerprint density at radius 1 is 1.18 bits per heavy atom. The number of aliphatic hydroxyl groups excluding tert-OH is 1. The summed E-state index contributed by atoms with van der Waals surface area (Å²) in [5.41, 5.74) is 2.26. The van der Waals surface area contributed by atoms with Crippen molar-refractivity contribution in [1.82, 2.24) is 0 Å². The van der Waals surface area contributed by atoms with Gasteiger partial charge in [-0.05, 0) is 99.0 Å². The lowest BCUT2D eigenvalue weighted by Crippen LogP contribution is -2.12. The van der Waals surface area contributed by atoms with Gasteiger partial charge in [0.25, 0.3) is 5.69 Å². The van der Waals surface area contributed by atoms with Gasteiger partial charge in [-0.1, -0.05) is 30.0 Å². The van der Waals surface area contributed by atoms with Crippen molar-refractivity contribution in [2.45, 2.75) is 13.5 Å². The topological polar surface area (TPSA) is 111 Å². The molecule has 38 heavy (non-hydrogen) atoms. The lowest BCUT2D eigenvalue weighted by atomic mass is 10.1. The van der Waals surface area contributed by atoms with Gasteiger partial charge in [0.15, 0.2) is 0 Å². The first-order chi connectivity index (χ1) is 18.3. The zero-order valence-electron chi connectivity index (χ0n) is 19.9. The van der Waals surface area contributed by atoms with E-state index >= 15 is 0 Å². The minimum Gasteiger partial charge on any atom is -0.506 e. The van der Waals surface area contributed by atoms with Gasteiger partial charge >= 0.3 is 5.97 Å². The quantitative estimate of drug-likeness (QED) is 0.110. The number of thioether (sulfide) groups is 1. The van der Waals surface area contributed by atoms with Crippen LogP contribution in [0.2, 0.25) is 0 Å². The maximum atomic E-state index is 12.6. The van der Waals surface area contributed by atoms with E-state index in [0.717, 1.165) is 14.7 Å². The molecule has 0 unspecified atom stereocenters. The largest absolute Gasteiger partial charge is 0.506 e. The fourth-order valence-corrected chi connectivity index (χ4v) is 6.24. The number of nitro groups is 1. The molecule has 8 nitrogen and oxygen atoms in total. The van der Waals surface area contributed by atoms with Gasteiger partial charge in [0, 0.05) is 12.1 Å². The summed E-state index contributed by atoms with van der Waals surface area (Å²) in [7, 11) is 0. The molecule has 3 aromatic carbocycles. The van der Waals surface area contributed by atoms with Gasteiger partial charge < -0.3 is 14.6 Å². The Morgan fingerprint density at radius 2 is 1.89 bits per heavy atom. The van der Waals surface area contributed by atoms with Crippen molar-refractivity contribution >= 4 is 78.7 Å². The number of non-ortho nitro benzene ring substituents is 1. The van der Waals surface area contributed by atoms with Crippen LogP contribution in [0.1, 0.15) is 18.1 Å². The number of carbonyl (C=O) groups excluding carboxylic acids is 1. The van der Waals surface area contributed by atoms with Crippen molar-refractivity contribution in [2.75, 3.05) is 6.61 Å². The van der Waals surface area contributed by atoms with Gasteiger partial charge in [0.1, 0.15) is 28.7 Å². The van der Waals surface area contributed by atoms with E-state index < -0.39 is 10.9 Å². The summed E-state index contributed by atoms with van der Waals surface area (Å²) in [6.45, 7) is 2.10. The number of carbonyl (C=O) groups is 1. The van der Waals surface area contributed by atoms with Crippen LogP contribution in [0, 0.1) is 13.7 Å². The molecular weight excluding hydrogens is 687 g/mol. The second-order valence-electron chi connectivity index (χ2n) is 7.83. The van der Waals surface area contributed by atoms with Gasteiger partial charge in [0.05, 0.1) is 30.2 Å². The maximum Gasteiger partial charge on any atom is 0.344 e. The van der Waals surface area contributed by atoms with E-state index in [1.165, 1.54) is 23.9 Å². The van der Waals surface area contributed by atoms with Crippen LogP contribution in [0.15, 0.2) is 92.4 Å². The normalized spacial score (nSPS) is 15.2. The summed E-state index contributed by atoms with van der Waals surface area (Å²) in [6.07, 6.45) is 1.76. The fraction of sp³-hybridized carbons (Fsp3) is 0.111. The van der Waals surface area contributed by atoms with Crippen LogP contribution in [0.3, 0.4) is 0 Å². The van der Waals surface area contributed by atoms with Gasteiger partial charge in [-0.15, -0.1) is 0 Å². The number of halogens is 2. The number of aliphatic imine (C=N–C) groups is 1. The Bertz CT molecular complexity index is 1450. The summed E-state index contributed by atoms with van der Waals surface area (Å²) >= 11 is 6.89. The number of hydrogen-bond donors (Lipinski definition) is 1. The van der Waals surface area contributed by atoms with Crippen LogP contribution in [-0.4, -0.2) is 27.6 Å². The highest BCUT2D eigenvalue weighted by molar-refractivity contribution is 14.1. The zero-order chi connectivity index (χ0) is 27.2. The standard InChI is InChI=1S/C27H20BrIN2O6S/c1-2-36-27(33)23-24(32)22(38-26(23)30-18-6-4-3-5-7-18)14-17-12-20(28)25(21(29)13-17)37-15-16-8-10-19(11-9-16)31(34)35/h3-14,32H,2,15H2,1H3/b22-14-,30-26?. The van der Waals surface area contributed by atoms with E-state index in [2.05, 4.69) is 43.5 Å². The molecule has 194 valence electrons. The molecular formula is C27H20BrIN2O6S. The molecule has 0 amide bonds. The molecule has 0 spiro atoms. The van der Waals surface area contributed by atoms with Crippen LogP contribution in [0.4, 0.5) is 11.4 Å². The van der Waals surface area contributed by atoms with Gasteiger partial charge in [-0.3, -0.25) is 10.1 Å². The summed E-state index contributed by atoms with van der Waals surface area (Å²) in [5.74, 6) is -0.211. The predicted octanol–water partition coefficient (Wildman–Crippen LogP) is 7.73. The number of para-hydroxylation sites is 1. The van der Waals surface area contributed by atoms with E-state index in [-0.39, 0.29) is 30.2 Å². The highest BCUT2D eigenvalue weighted by Gasteiger charge is 2.33. The molecule has 0 aliphatic carbocycles. The molecule has 3 aromatic rings. The first-order valence-electron chi connectivity index (χ1n) is 11.3. The van der Waals surface area contributed by atoms with Crippen LogP contribution in [0.25, 0.3) is 6.08 Å². The maximum absolute atomic E-state index is 12.6. The van der Waals surface area contributed by atoms with Crippen LogP contribution in [-0.2, 0) is 16.1 Å². The summed E-state index contributed by atoms with van der Waals surface area (Å²) in [6, 6.07) is 19.1. The Morgan fingerprint density at radius 3 is 2.53 bits per heavy atom. The number of esters is 1. The second-order valence-corrected chi connectivity index (χ2v) is 10.9. The molecule has 0 saturated heterocycles. The van der Waals surface area contributed by atoms with Crippen molar-refractivity contribution in [3.05, 3.63) is 112 Å². The molecule has 11 heteroatoms. The zero-order valence-corrected chi connectivity index (χ0v) is 24.4. The van der Waals surface area contributed by atoms with Gasteiger partial charge in [-0.25, -0.2) is 9.79 Å². The highest BCUT2D eigenvalue weighted by Crippen LogP contribution is 2.41. The third kappa shape index (κ3) is 6.63. The molecule has 0 atom stereocenters. The molecule has 4 rings (SSSR count). The number of nitro benzene ring substituents is 1. The third-order valence-corrected chi connectivity index (χ3v) is 7.62. The van der Waals surface area contributed by atoms with Crippen molar-refractivity contribution in [3.63, 3.8) is 0 Å². The molecule has 1 heterocycles. The molecule has 0 saturated carbocycles. The molecule has 1 aliphatic heterocycles. The first kappa shape index (κ1) is 27.9. The number of hydrogen-bond acceptors (Lipinski definition) is 8. The molecule has 0 aromatic heterocycles. The number of nitrogens with zero attached hydrogens (tertiary/aromatic N) is 2. The van der Waals surface area contributed by atoms with Crippen molar-refractivity contribution in [2.24, 2.45) is 4.99 Å². The third-order valence-electron chi connectivity index (χ3n) is 5.21. The van der Waals surface area contributed by atoms with Gasteiger partial charge in [0.2, 0.25) is 0 Å². The van der Waals surface area contributed by atoms with E-state index in [1.54, 1.807) is 25.1 Å². The van der Waals surface area contributed by atoms with Crippen LogP contribution >= 0.6 is 50.3 Å². The lowest BCUT2D eigenvalue weighted by Gasteiger charge is -2.12. The van der Waals surface area contributed by atoms with Crippen molar-refractivity contribution in [3.8, 4) is 5.75 Å². The first-order valence-corrected chi connectivity index (χ1v) is 13.9. The van der Waals surface area contributed by atoms with E-state index in [1.807, 2.05) is 42.5 Å². The van der Waals surface area contributed by atoms with Crippen LogP contribution < -0.4 is 4.74 Å². The summed E-state index contributed by atoms with van der Waals surface area (Å²) in [4.78, 5) is 28.1. The predicted molar refractivity (Wildman–Crippen MR) is 160 cm³/mol. The van der Waals surface area contributed by atoms with E-state index in [9.17, 15) is 20.0 Å². The molecule has 1 N–H and O–H groups in total. The van der Waals surface area contributed by atoms with Crippen LogP contribution in [0.5, 0.6) is 5.75 Å². The molecule has 0 fully saturated rings. The Hall–Kier alpha value is -3.16. The monoisotopic (exact) mass is 706 g/mol.